The summed E-state index contributed by atoms with van der Waals surface area (Å²) >= 11 is 1.80. The molecule has 33 heavy (non-hydrogen) atoms. The smallest absolute Gasteiger partial charge is 0.243 e. The van der Waals surface area contributed by atoms with Gasteiger partial charge in [-0.15, -0.1) is 11.3 Å². The minimum Gasteiger partial charge on any atom is -0.353 e. The molecule has 2 atom stereocenters. The predicted molar refractivity (Wildman–Crippen MR) is 135 cm³/mol. The largest absolute Gasteiger partial charge is 0.353 e. The number of benzene rings is 1. The third-order valence-electron chi connectivity index (χ3n) is 7.31. The average molecular weight is 485 g/mol. The monoisotopic (exact) mass is 484 g/mol. The summed E-state index contributed by atoms with van der Waals surface area (Å²) in [5, 5.41) is 1.20. The van der Waals surface area contributed by atoms with Gasteiger partial charge in [0, 0.05) is 31.1 Å². The molecule has 0 amide bonds. The van der Waals surface area contributed by atoms with Crippen molar-refractivity contribution in [3.63, 3.8) is 0 Å². The fourth-order valence-corrected chi connectivity index (χ4v) is 7.76. The van der Waals surface area contributed by atoms with Gasteiger partial charge in [0.05, 0.1) is 10.3 Å². The molecule has 1 aliphatic carbocycles. The van der Waals surface area contributed by atoms with Crippen LogP contribution in [0.5, 0.6) is 0 Å². The Bertz CT molecular complexity index is 1250. The van der Waals surface area contributed by atoms with E-state index < -0.39 is 10.0 Å². The lowest BCUT2D eigenvalue weighted by molar-refractivity contribution is 0.384. The van der Waals surface area contributed by atoms with E-state index >= 15 is 0 Å². The van der Waals surface area contributed by atoms with Gasteiger partial charge in [0.25, 0.3) is 0 Å². The zero-order valence-electron chi connectivity index (χ0n) is 19.6. The summed E-state index contributed by atoms with van der Waals surface area (Å²) in [4.78, 5) is 14.4. The summed E-state index contributed by atoms with van der Waals surface area (Å²) in [5.74, 6) is 2.12. The van der Waals surface area contributed by atoms with Gasteiger partial charge in [0.2, 0.25) is 10.0 Å². The Balaban J connectivity index is 1.35. The Labute approximate surface area is 200 Å². The minimum atomic E-state index is -3.49. The Kier molecular flexibility index (Phi) is 6.18. The van der Waals surface area contributed by atoms with Crippen molar-refractivity contribution in [1.29, 1.82) is 0 Å². The quantitative estimate of drug-likeness (QED) is 0.518. The highest BCUT2D eigenvalue weighted by Crippen LogP contribution is 2.40. The van der Waals surface area contributed by atoms with Crippen LogP contribution < -0.4 is 4.90 Å². The number of rotatable bonds is 5. The molecule has 1 saturated heterocycles. The molecule has 0 unspecified atom stereocenters. The van der Waals surface area contributed by atoms with E-state index in [4.69, 9.17) is 0 Å². The van der Waals surface area contributed by atoms with Crippen molar-refractivity contribution in [3.8, 4) is 0 Å². The van der Waals surface area contributed by atoms with Crippen LogP contribution in [0.4, 0.5) is 5.82 Å². The van der Waals surface area contributed by atoms with E-state index in [-0.39, 0.29) is 0 Å². The molecule has 6 nitrogen and oxygen atoms in total. The first kappa shape index (κ1) is 22.7. The highest BCUT2D eigenvalue weighted by Gasteiger charge is 2.31. The van der Waals surface area contributed by atoms with Crippen LogP contribution in [0.15, 0.2) is 35.5 Å². The first-order chi connectivity index (χ1) is 15.9. The van der Waals surface area contributed by atoms with Crippen LogP contribution in [-0.4, -0.2) is 48.9 Å². The summed E-state index contributed by atoms with van der Waals surface area (Å²) in [5.41, 5.74) is 2.60. The maximum Gasteiger partial charge on any atom is 0.243 e. The van der Waals surface area contributed by atoms with Crippen LogP contribution in [0.1, 0.15) is 55.5 Å². The highest BCUT2D eigenvalue weighted by atomic mass is 32.2. The molecule has 0 spiro atoms. The number of aromatic nitrogens is 2. The molecule has 176 valence electrons. The maximum atomic E-state index is 13.3. The summed E-state index contributed by atoms with van der Waals surface area (Å²) in [6.45, 7) is 8.82. The lowest BCUT2D eigenvalue weighted by Crippen LogP contribution is -2.49. The van der Waals surface area contributed by atoms with Crippen molar-refractivity contribution >= 4 is 37.4 Å². The molecule has 0 N–H and O–H groups in total. The van der Waals surface area contributed by atoms with Crippen molar-refractivity contribution in [3.05, 3.63) is 46.6 Å². The third-order valence-corrected chi connectivity index (χ3v) is 10.4. The molecule has 3 heterocycles. The molecular formula is C25H32N4O2S2. The lowest BCUT2D eigenvalue weighted by atomic mass is 9.89. The summed E-state index contributed by atoms with van der Waals surface area (Å²) in [7, 11) is -3.49. The van der Waals surface area contributed by atoms with E-state index in [2.05, 4.69) is 35.6 Å². The van der Waals surface area contributed by atoms with Crippen molar-refractivity contribution in [1.82, 2.24) is 14.3 Å². The molecule has 1 fully saturated rings. The van der Waals surface area contributed by atoms with Crippen LogP contribution in [-0.2, 0) is 22.9 Å². The molecule has 0 bridgehead atoms. The minimum absolute atomic E-state index is 0.383. The van der Waals surface area contributed by atoms with Gasteiger partial charge in [0.15, 0.2) is 0 Å². The number of nitrogens with zero attached hydrogens (tertiary/aromatic N) is 4. The number of piperazine rings is 1. The van der Waals surface area contributed by atoms with Gasteiger partial charge in [-0.1, -0.05) is 32.9 Å². The average Bonchev–Trinajstić information content (AvgIpc) is 3.21. The Hall–Kier alpha value is -2.03. The van der Waals surface area contributed by atoms with Crippen molar-refractivity contribution in [2.24, 2.45) is 5.92 Å². The van der Waals surface area contributed by atoms with Crippen LogP contribution in [0.2, 0.25) is 0 Å². The van der Waals surface area contributed by atoms with E-state index in [0.717, 1.165) is 35.8 Å². The fourth-order valence-electron chi connectivity index (χ4n) is 4.99. The predicted octanol–water partition coefficient (Wildman–Crippen LogP) is 4.84. The molecule has 8 heteroatoms. The second kappa shape index (κ2) is 8.96. The molecule has 1 aromatic carbocycles. The van der Waals surface area contributed by atoms with Crippen LogP contribution >= 0.6 is 11.3 Å². The summed E-state index contributed by atoms with van der Waals surface area (Å²) in [6, 6.07) is 7.43. The highest BCUT2D eigenvalue weighted by molar-refractivity contribution is 7.89. The van der Waals surface area contributed by atoms with Crippen molar-refractivity contribution in [2.45, 2.75) is 57.3 Å². The lowest BCUT2D eigenvalue weighted by Gasteiger charge is -2.35. The zero-order chi connectivity index (χ0) is 23.2. The third kappa shape index (κ3) is 4.17. The van der Waals surface area contributed by atoms with Gasteiger partial charge in [-0.25, -0.2) is 18.4 Å². The molecule has 0 saturated carbocycles. The number of anilines is 1. The van der Waals surface area contributed by atoms with E-state index in [9.17, 15) is 8.42 Å². The van der Waals surface area contributed by atoms with Gasteiger partial charge in [-0.3, -0.25) is 0 Å². The molecule has 5 rings (SSSR count). The summed E-state index contributed by atoms with van der Waals surface area (Å²) in [6.07, 6.45) is 6.10. The number of hydrogen-bond acceptors (Lipinski definition) is 6. The van der Waals surface area contributed by atoms with Gasteiger partial charge in [0.1, 0.15) is 17.0 Å². The molecule has 3 aromatic rings. The number of fused-ring (bicyclic) bond motifs is 3. The number of aryl methyl sites for hydroxylation is 1. The molecule has 2 aliphatic rings. The van der Waals surface area contributed by atoms with Gasteiger partial charge in [-0.2, -0.15) is 4.31 Å². The van der Waals surface area contributed by atoms with E-state index in [1.165, 1.54) is 27.8 Å². The topological polar surface area (TPSA) is 66.4 Å². The first-order valence-corrected chi connectivity index (χ1v) is 14.2. The second-order valence-corrected chi connectivity index (χ2v) is 12.5. The number of thiophene rings is 1. The second-order valence-electron chi connectivity index (χ2n) is 9.50. The van der Waals surface area contributed by atoms with Crippen molar-refractivity contribution in [2.75, 3.05) is 31.1 Å². The van der Waals surface area contributed by atoms with Gasteiger partial charge < -0.3 is 4.90 Å². The number of hydrogen-bond donors (Lipinski definition) is 0. The summed E-state index contributed by atoms with van der Waals surface area (Å²) < 4.78 is 28.1. The van der Waals surface area contributed by atoms with Gasteiger partial charge >= 0.3 is 0 Å². The van der Waals surface area contributed by atoms with Gasteiger partial charge in [-0.05, 0) is 60.8 Å². The molecule has 2 aromatic heterocycles. The zero-order valence-corrected chi connectivity index (χ0v) is 21.3. The van der Waals surface area contributed by atoms with E-state index in [0.29, 0.717) is 37.0 Å². The van der Waals surface area contributed by atoms with Crippen LogP contribution in [0.3, 0.4) is 0 Å². The van der Waals surface area contributed by atoms with Crippen LogP contribution in [0, 0.1) is 5.92 Å². The van der Waals surface area contributed by atoms with E-state index in [1.54, 1.807) is 34.1 Å². The normalized spacial score (nSPS) is 20.7. The molecule has 1 aliphatic heterocycles. The molecular weight excluding hydrogens is 452 g/mol. The standard InChI is InChI=1S/C25H32N4O2S2/c1-4-18(3)19-6-8-20(9-7-19)33(30,31)29-13-11-28(12-14-29)24-23-21-10-5-17(2)15-22(21)32-25(23)27-16-26-24/h6-9,16-18H,4-5,10-15H2,1-3H3/t17-,18-/m0/s1. The fraction of sp³-hybridized carbons (Fsp3) is 0.520. The Morgan fingerprint density at radius 1 is 1.12 bits per heavy atom. The Morgan fingerprint density at radius 3 is 2.55 bits per heavy atom. The Morgan fingerprint density at radius 2 is 1.85 bits per heavy atom. The van der Waals surface area contributed by atoms with E-state index in [1.807, 2.05) is 12.1 Å². The SMILES string of the molecule is CC[C@H](C)c1ccc(S(=O)(=O)N2CCN(c3ncnc4sc5c(c34)CC[C@H](C)C5)CC2)cc1. The molecule has 0 radical (unpaired) electrons. The number of sulfonamides is 1. The maximum absolute atomic E-state index is 13.3. The van der Waals surface area contributed by atoms with Crippen molar-refractivity contribution < 1.29 is 8.42 Å². The first-order valence-electron chi connectivity index (χ1n) is 12.0. The van der Waals surface area contributed by atoms with Crippen LogP contribution in [0.25, 0.3) is 10.2 Å².